The lowest BCUT2D eigenvalue weighted by Gasteiger charge is -2.30. The molecule has 1 aromatic carbocycles. The summed E-state index contributed by atoms with van der Waals surface area (Å²) in [6, 6.07) is 5.33. The number of benzene rings is 1. The van der Waals surface area contributed by atoms with E-state index in [0.29, 0.717) is 24.9 Å². The highest BCUT2D eigenvalue weighted by Crippen LogP contribution is 2.51. The number of phenolic OH excluding ortho intramolecular Hbond substituents is 1. The molecule has 0 saturated heterocycles. The lowest BCUT2D eigenvalue weighted by atomic mass is 9.83. The lowest BCUT2D eigenvalue weighted by Crippen LogP contribution is -2.24. The Hall–Kier alpha value is -1.81. The molecule has 98 valence electrons. The fraction of sp³-hybridized carbons (Fsp3) is 0.400. The van der Waals surface area contributed by atoms with E-state index in [9.17, 15) is 10.2 Å². The Morgan fingerprint density at radius 2 is 2.16 bits per heavy atom. The molecule has 0 radical (unpaired) electrons. The zero-order chi connectivity index (χ0) is 13.0. The van der Waals surface area contributed by atoms with E-state index in [1.165, 1.54) is 11.1 Å². The molecular formula is C15H15NO3. The maximum absolute atomic E-state index is 9.63. The molecule has 4 rings (SSSR count). The number of aliphatic imine (C=N–C) groups is 1. The van der Waals surface area contributed by atoms with Gasteiger partial charge in [0.1, 0.15) is 17.7 Å². The number of allylic oxidation sites excluding steroid dienone is 1. The molecule has 19 heavy (non-hydrogen) atoms. The summed E-state index contributed by atoms with van der Waals surface area (Å²) in [6.45, 7) is 0.665. The third-order valence-electron chi connectivity index (χ3n) is 4.32. The summed E-state index contributed by atoms with van der Waals surface area (Å²) in [5, 5.41) is 19.2. The molecular weight excluding hydrogens is 242 g/mol. The van der Waals surface area contributed by atoms with Crippen molar-refractivity contribution in [2.45, 2.75) is 25.0 Å². The maximum Gasteiger partial charge on any atom is 0.148 e. The second-order valence-electron chi connectivity index (χ2n) is 5.50. The van der Waals surface area contributed by atoms with Gasteiger partial charge in [-0.25, -0.2) is 0 Å². The van der Waals surface area contributed by atoms with Crippen LogP contribution in [0.15, 0.2) is 34.3 Å². The van der Waals surface area contributed by atoms with Crippen molar-refractivity contribution < 1.29 is 14.9 Å². The van der Waals surface area contributed by atoms with E-state index in [-0.39, 0.29) is 5.75 Å². The topological polar surface area (TPSA) is 62.0 Å². The molecule has 2 N–H and O–H groups in total. The zero-order valence-electron chi connectivity index (χ0n) is 10.4. The van der Waals surface area contributed by atoms with Gasteiger partial charge in [0.25, 0.3) is 0 Å². The first-order valence-corrected chi connectivity index (χ1v) is 6.61. The summed E-state index contributed by atoms with van der Waals surface area (Å²) < 4.78 is 5.76. The minimum absolute atomic E-state index is 0.233. The van der Waals surface area contributed by atoms with Crippen LogP contribution in [0.4, 0.5) is 0 Å². The van der Waals surface area contributed by atoms with Gasteiger partial charge in [0.2, 0.25) is 0 Å². The Labute approximate surface area is 111 Å². The van der Waals surface area contributed by atoms with Crippen LogP contribution in [0, 0.1) is 5.92 Å². The number of rotatable bonds is 0. The van der Waals surface area contributed by atoms with Crippen molar-refractivity contribution in [3.8, 4) is 11.5 Å². The molecule has 1 aromatic rings. The zero-order valence-corrected chi connectivity index (χ0v) is 10.4. The number of dihydropyridines is 1. The van der Waals surface area contributed by atoms with Crippen LogP contribution in [0.2, 0.25) is 0 Å². The SMILES string of the molecule is Oc1ccc2c(c1)OCC1CC3=C(C=NC(O)C3)[C@H]21. The normalized spacial score (nSPS) is 31.5. The maximum atomic E-state index is 9.63. The van der Waals surface area contributed by atoms with Gasteiger partial charge in [-0.3, -0.25) is 4.99 Å². The number of nitrogens with zero attached hydrogens (tertiary/aromatic N) is 1. The fourth-order valence-corrected chi connectivity index (χ4v) is 3.52. The molecule has 2 unspecified atom stereocenters. The number of aliphatic hydroxyl groups is 1. The summed E-state index contributed by atoms with van der Waals surface area (Å²) in [4.78, 5) is 4.14. The van der Waals surface area contributed by atoms with Crippen molar-refractivity contribution in [1.82, 2.24) is 0 Å². The van der Waals surface area contributed by atoms with Crippen molar-refractivity contribution >= 4 is 6.21 Å². The van der Waals surface area contributed by atoms with Gasteiger partial charge >= 0.3 is 0 Å². The molecule has 4 nitrogen and oxygen atoms in total. The largest absolute Gasteiger partial charge is 0.508 e. The Bertz CT molecular complexity index is 605. The minimum Gasteiger partial charge on any atom is -0.508 e. The van der Waals surface area contributed by atoms with Crippen LogP contribution in [0.3, 0.4) is 0 Å². The van der Waals surface area contributed by atoms with E-state index in [0.717, 1.165) is 17.7 Å². The van der Waals surface area contributed by atoms with Gasteiger partial charge in [-0.05, 0) is 18.1 Å². The molecule has 4 heteroatoms. The highest BCUT2D eigenvalue weighted by Gasteiger charge is 2.41. The van der Waals surface area contributed by atoms with Crippen LogP contribution >= 0.6 is 0 Å². The molecule has 0 spiro atoms. The highest BCUT2D eigenvalue weighted by atomic mass is 16.5. The van der Waals surface area contributed by atoms with E-state index in [1.807, 2.05) is 12.3 Å². The number of hydrogen-bond acceptors (Lipinski definition) is 4. The fourth-order valence-electron chi connectivity index (χ4n) is 3.52. The smallest absolute Gasteiger partial charge is 0.148 e. The van der Waals surface area contributed by atoms with Crippen molar-refractivity contribution in [2.75, 3.05) is 6.61 Å². The van der Waals surface area contributed by atoms with Crippen molar-refractivity contribution in [1.29, 1.82) is 0 Å². The third kappa shape index (κ3) is 1.60. The van der Waals surface area contributed by atoms with E-state index in [1.54, 1.807) is 12.1 Å². The van der Waals surface area contributed by atoms with Crippen LogP contribution in [0.1, 0.15) is 24.3 Å². The minimum atomic E-state index is -0.584. The van der Waals surface area contributed by atoms with Crippen molar-refractivity contribution in [2.24, 2.45) is 10.9 Å². The van der Waals surface area contributed by atoms with E-state index < -0.39 is 6.23 Å². The number of aliphatic hydroxyl groups excluding tert-OH is 1. The molecule has 0 fully saturated rings. The van der Waals surface area contributed by atoms with Crippen LogP contribution < -0.4 is 4.74 Å². The first-order chi connectivity index (χ1) is 9.22. The Kier molecular flexibility index (Phi) is 2.23. The van der Waals surface area contributed by atoms with Gasteiger partial charge in [-0.1, -0.05) is 11.6 Å². The molecule has 3 aliphatic rings. The van der Waals surface area contributed by atoms with Gasteiger partial charge in [0.15, 0.2) is 0 Å². The predicted octanol–water partition coefficient (Wildman–Crippen LogP) is 1.98. The number of fused-ring (bicyclic) bond motifs is 4. The Morgan fingerprint density at radius 3 is 3.05 bits per heavy atom. The molecule has 3 atom stereocenters. The van der Waals surface area contributed by atoms with Crippen LogP contribution in [0.5, 0.6) is 11.5 Å². The molecule has 2 heterocycles. The van der Waals surface area contributed by atoms with E-state index >= 15 is 0 Å². The first-order valence-electron chi connectivity index (χ1n) is 6.61. The van der Waals surface area contributed by atoms with Gasteiger partial charge in [-0.2, -0.15) is 0 Å². The molecule has 0 bridgehead atoms. The highest BCUT2D eigenvalue weighted by molar-refractivity contribution is 5.85. The Morgan fingerprint density at radius 1 is 1.26 bits per heavy atom. The summed E-state index contributed by atoms with van der Waals surface area (Å²) in [6.07, 6.45) is 2.87. The van der Waals surface area contributed by atoms with Crippen LogP contribution in [0.25, 0.3) is 0 Å². The van der Waals surface area contributed by atoms with Crippen molar-refractivity contribution in [3.05, 3.63) is 34.9 Å². The second kappa shape index (κ2) is 3.84. The van der Waals surface area contributed by atoms with Gasteiger partial charge in [-0.15, -0.1) is 0 Å². The van der Waals surface area contributed by atoms with Gasteiger partial charge < -0.3 is 14.9 Å². The number of hydrogen-bond donors (Lipinski definition) is 2. The van der Waals surface area contributed by atoms with Gasteiger partial charge in [0, 0.05) is 36.1 Å². The monoisotopic (exact) mass is 257 g/mol. The average Bonchev–Trinajstić information content (AvgIpc) is 2.75. The standard InChI is InChI=1S/C15H15NO3/c17-10-1-2-11-13(5-10)19-7-9-3-8-4-14(18)16-6-12(8)15(9)11/h1-2,5-6,9,14-15,17-18H,3-4,7H2/t9?,14?,15-/m0/s1. The third-order valence-corrected chi connectivity index (χ3v) is 4.32. The second-order valence-corrected chi connectivity index (χ2v) is 5.50. The summed E-state index contributed by atoms with van der Waals surface area (Å²) >= 11 is 0. The Balaban J connectivity index is 1.80. The first kappa shape index (κ1) is 11.1. The number of phenols is 1. The number of ether oxygens (including phenoxy) is 1. The molecule has 0 amide bonds. The summed E-state index contributed by atoms with van der Waals surface area (Å²) in [5.41, 5.74) is 3.68. The van der Waals surface area contributed by atoms with Gasteiger partial charge in [0.05, 0.1) is 6.61 Å². The predicted molar refractivity (Wildman–Crippen MR) is 70.6 cm³/mol. The lowest BCUT2D eigenvalue weighted by molar-refractivity contribution is 0.181. The van der Waals surface area contributed by atoms with Crippen molar-refractivity contribution in [3.63, 3.8) is 0 Å². The molecule has 0 aromatic heterocycles. The average molecular weight is 257 g/mol. The summed E-state index contributed by atoms with van der Waals surface area (Å²) in [5.74, 6) is 1.74. The van der Waals surface area contributed by atoms with E-state index in [2.05, 4.69) is 4.99 Å². The van der Waals surface area contributed by atoms with Crippen LogP contribution in [-0.2, 0) is 0 Å². The number of aromatic hydroxyl groups is 1. The quantitative estimate of drug-likeness (QED) is 0.747. The molecule has 2 aliphatic heterocycles. The molecule has 0 saturated carbocycles. The summed E-state index contributed by atoms with van der Waals surface area (Å²) in [7, 11) is 0. The molecule has 1 aliphatic carbocycles. The van der Waals surface area contributed by atoms with Crippen LogP contribution in [-0.4, -0.2) is 29.3 Å². The van der Waals surface area contributed by atoms with E-state index in [4.69, 9.17) is 4.74 Å².